The van der Waals surface area contributed by atoms with E-state index in [1.54, 1.807) is 0 Å². The van der Waals surface area contributed by atoms with Crippen LogP contribution in [-0.4, -0.2) is 23.4 Å². The molecular weight excluding hydrogens is 176 g/mol. The van der Waals surface area contributed by atoms with Crippen molar-refractivity contribution in [2.24, 2.45) is 0 Å². The van der Waals surface area contributed by atoms with Gasteiger partial charge >= 0.3 is 0 Å². The molecule has 14 heavy (non-hydrogen) atoms. The molecule has 0 aromatic rings. The number of hydrogen-bond donors (Lipinski definition) is 1. The van der Waals surface area contributed by atoms with Crippen LogP contribution in [0.3, 0.4) is 0 Å². The van der Waals surface area contributed by atoms with Crippen LogP contribution in [0.4, 0.5) is 0 Å². The summed E-state index contributed by atoms with van der Waals surface area (Å²) < 4.78 is 5.89. The van der Waals surface area contributed by atoms with Crippen molar-refractivity contribution < 1.29 is 9.84 Å². The number of allylic oxidation sites excluding steroid dienone is 1. The van der Waals surface area contributed by atoms with Gasteiger partial charge in [0.25, 0.3) is 0 Å². The maximum Gasteiger partial charge on any atom is 0.0838 e. The van der Waals surface area contributed by atoms with Gasteiger partial charge in [-0.3, -0.25) is 0 Å². The molecule has 0 unspecified atom stereocenters. The van der Waals surface area contributed by atoms with Crippen molar-refractivity contribution >= 4 is 0 Å². The Bertz CT molecular complexity index is 177. The summed E-state index contributed by atoms with van der Waals surface area (Å²) >= 11 is 0. The van der Waals surface area contributed by atoms with Crippen LogP contribution >= 0.6 is 0 Å². The van der Waals surface area contributed by atoms with Crippen molar-refractivity contribution in [2.45, 2.75) is 64.3 Å². The van der Waals surface area contributed by atoms with E-state index in [2.05, 4.69) is 26.0 Å². The van der Waals surface area contributed by atoms with Crippen LogP contribution in [0, 0.1) is 0 Å². The van der Waals surface area contributed by atoms with Gasteiger partial charge in [-0.15, -0.1) is 0 Å². The molecule has 0 bridgehead atoms. The molecule has 3 atom stereocenters. The number of aliphatic hydroxyl groups is 1. The third-order valence-corrected chi connectivity index (χ3v) is 2.85. The number of rotatable bonds is 2. The van der Waals surface area contributed by atoms with E-state index in [4.69, 9.17) is 4.74 Å². The van der Waals surface area contributed by atoms with Gasteiger partial charge in [0.2, 0.25) is 0 Å². The lowest BCUT2D eigenvalue weighted by Crippen LogP contribution is -2.31. The second-order valence-corrected chi connectivity index (χ2v) is 3.96. The smallest absolute Gasteiger partial charge is 0.0838 e. The fraction of sp³-hybridized carbons (Fsp3) is 0.833. The minimum atomic E-state index is -0.330. The Kier molecular flexibility index (Phi) is 5.20. The second-order valence-electron chi connectivity index (χ2n) is 3.96. The molecule has 0 radical (unpaired) electrons. The average molecular weight is 198 g/mol. The Morgan fingerprint density at radius 3 is 2.71 bits per heavy atom. The maximum atomic E-state index is 9.84. The summed E-state index contributed by atoms with van der Waals surface area (Å²) in [6, 6.07) is 0. The summed E-state index contributed by atoms with van der Waals surface area (Å²) in [5.74, 6) is 0. The molecule has 0 aliphatic carbocycles. The molecule has 1 aliphatic heterocycles. The fourth-order valence-corrected chi connectivity index (χ4v) is 1.86. The van der Waals surface area contributed by atoms with Crippen molar-refractivity contribution in [3.05, 3.63) is 12.2 Å². The first-order chi connectivity index (χ1) is 6.77. The molecule has 1 aliphatic rings. The molecule has 2 nitrogen and oxygen atoms in total. The van der Waals surface area contributed by atoms with Gasteiger partial charge in [-0.05, 0) is 32.1 Å². The zero-order chi connectivity index (χ0) is 10.4. The lowest BCUT2D eigenvalue weighted by atomic mass is 10.1. The van der Waals surface area contributed by atoms with E-state index in [-0.39, 0.29) is 12.2 Å². The molecule has 0 aromatic carbocycles. The van der Waals surface area contributed by atoms with Crippen molar-refractivity contribution in [1.29, 1.82) is 0 Å². The first-order valence-corrected chi connectivity index (χ1v) is 5.76. The van der Waals surface area contributed by atoms with Crippen molar-refractivity contribution in [2.75, 3.05) is 0 Å². The quantitative estimate of drug-likeness (QED) is 0.691. The maximum absolute atomic E-state index is 9.84. The highest BCUT2D eigenvalue weighted by molar-refractivity contribution is 4.88. The predicted molar refractivity (Wildman–Crippen MR) is 58.2 cm³/mol. The Labute approximate surface area is 87.0 Å². The first kappa shape index (κ1) is 11.7. The zero-order valence-electron chi connectivity index (χ0n) is 9.28. The van der Waals surface area contributed by atoms with E-state index in [0.29, 0.717) is 6.10 Å². The van der Waals surface area contributed by atoms with Gasteiger partial charge in [-0.2, -0.15) is 0 Å². The van der Waals surface area contributed by atoms with E-state index in [1.165, 1.54) is 0 Å². The monoisotopic (exact) mass is 198 g/mol. The van der Waals surface area contributed by atoms with Crippen molar-refractivity contribution in [3.63, 3.8) is 0 Å². The minimum absolute atomic E-state index is 0.0164. The minimum Gasteiger partial charge on any atom is -0.390 e. The van der Waals surface area contributed by atoms with Gasteiger partial charge < -0.3 is 9.84 Å². The van der Waals surface area contributed by atoms with Gasteiger partial charge in [-0.1, -0.05) is 26.0 Å². The lowest BCUT2D eigenvalue weighted by Gasteiger charge is -2.25. The summed E-state index contributed by atoms with van der Waals surface area (Å²) in [6.07, 6.45) is 9.06. The van der Waals surface area contributed by atoms with E-state index in [1.807, 2.05) is 0 Å². The van der Waals surface area contributed by atoms with Crippen LogP contribution in [0.15, 0.2) is 12.2 Å². The topological polar surface area (TPSA) is 29.5 Å². The number of aliphatic hydroxyl groups excluding tert-OH is 1. The summed E-state index contributed by atoms with van der Waals surface area (Å²) in [5, 5.41) is 9.84. The van der Waals surface area contributed by atoms with Gasteiger partial charge in [0.1, 0.15) is 0 Å². The van der Waals surface area contributed by atoms with E-state index in [0.717, 1.165) is 32.1 Å². The summed E-state index contributed by atoms with van der Waals surface area (Å²) in [5.41, 5.74) is 0. The molecule has 1 rings (SSSR count). The molecular formula is C12H22O2. The highest BCUT2D eigenvalue weighted by Crippen LogP contribution is 2.18. The molecule has 2 heteroatoms. The highest BCUT2D eigenvalue weighted by atomic mass is 16.5. The summed E-state index contributed by atoms with van der Waals surface area (Å²) in [6.45, 7) is 4.22. The second kappa shape index (κ2) is 6.20. The van der Waals surface area contributed by atoms with Crippen LogP contribution in [0.25, 0.3) is 0 Å². The highest BCUT2D eigenvalue weighted by Gasteiger charge is 2.21. The molecule has 1 N–H and O–H groups in total. The Balaban J connectivity index is 2.58. The standard InChI is InChI=1S/C12H22O2/c1-3-10-8-6-5-7-9-11(13)12(4-2)14-10/h5,7,10-13H,3-4,6,8-9H2,1-2H3/t10-,11-,12+/m0/s1. The molecule has 0 amide bonds. The van der Waals surface area contributed by atoms with Gasteiger partial charge in [0.15, 0.2) is 0 Å². The van der Waals surface area contributed by atoms with Crippen LogP contribution in [0.5, 0.6) is 0 Å². The zero-order valence-corrected chi connectivity index (χ0v) is 9.28. The lowest BCUT2D eigenvalue weighted by molar-refractivity contribution is -0.0789. The molecule has 0 aromatic heterocycles. The van der Waals surface area contributed by atoms with E-state index < -0.39 is 0 Å². The Morgan fingerprint density at radius 1 is 1.29 bits per heavy atom. The SMILES string of the molecule is CC[C@H]1CCC=CC[C@H](O)[C@@H](CC)O1. The van der Waals surface area contributed by atoms with E-state index in [9.17, 15) is 5.11 Å². The molecule has 0 saturated heterocycles. The van der Waals surface area contributed by atoms with Crippen molar-refractivity contribution in [1.82, 2.24) is 0 Å². The largest absolute Gasteiger partial charge is 0.390 e. The van der Waals surface area contributed by atoms with Crippen molar-refractivity contribution in [3.8, 4) is 0 Å². The van der Waals surface area contributed by atoms with Gasteiger partial charge in [0.05, 0.1) is 18.3 Å². The van der Waals surface area contributed by atoms with E-state index >= 15 is 0 Å². The molecule has 0 fully saturated rings. The molecule has 1 heterocycles. The summed E-state index contributed by atoms with van der Waals surface area (Å²) in [4.78, 5) is 0. The average Bonchev–Trinajstić information content (AvgIpc) is 2.29. The van der Waals surface area contributed by atoms with Crippen LogP contribution in [0.1, 0.15) is 46.0 Å². The number of ether oxygens (including phenoxy) is 1. The Morgan fingerprint density at radius 2 is 2.07 bits per heavy atom. The normalized spacial score (nSPS) is 34.6. The van der Waals surface area contributed by atoms with Crippen LogP contribution < -0.4 is 0 Å². The van der Waals surface area contributed by atoms with Crippen LogP contribution in [-0.2, 0) is 4.74 Å². The summed E-state index contributed by atoms with van der Waals surface area (Å²) in [7, 11) is 0. The first-order valence-electron chi connectivity index (χ1n) is 5.76. The van der Waals surface area contributed by atoms with Gasteiger partial charge in [0, 0.05) is 0 Å². The third kappa shape index (κ3) is 3.43. The molecule has 0 spiro atoms. The fourth-order valence-electron chi connectivity index (χ4n) is 1.86. The molecule has 82 valence electrons. The number of hydrogen-bond acceptors (Lipinski definition) is 2. The van der Waals surface area contributed by atoms with Crippen LogP contribution in [0.2, 0.25) is 0 Å². The van der Waals surface area contributed by atoms with Gasteiger partial charge in [-0.25, -0.2) is 0 Å². The Hall–Kier alpha value is -0.340. The molecule has 0 saturated carbocycles. The predicted octanol–water partition coefficient (Wildman–Crippen LogP) is 2.66. The third-order valence-electron chi connectivity index (χ3n) is 2.85.